The van der Waals surface area contributed by atoms with Crippen LogP contribution in [0.1, 0.15) is 16.2 Å². The molecule has 3 heterocycles. The molecule has 9 heteroatoms. The van der Waals surface area contributed by atoms with Gasteiger partial charge in [0.25, 0.3) is 5.91 Å². The van der Waals surface area contributed by atoms with E-state index in [4.69, 9.17) is 4.52 Å². The first-order valence-electron chi connectivity index (χ1n) is 7.33. The molecule has 0 saturated carbocycles. The molecule has 0 aliphatic heterocycles. The summed E-state index contributed by atoms with van der Waals surface area (Å²) in [4.78, 5) is 28.3. The van der Waals surface area contributed by atoms with Gasteiger partial charge in [0, 0.05) is 25.9 Å². The lowest BCUT2D eigenvalue weighted by Gasteiger charge is -2.01. The largest absolute Gasteiger partial charge is 0.361 e. The Morgan fingerprint density at radius 1 is 1.38 bits per heavy atom. The van der Waals surface area contributed by atoms with Crippen molar-refractivity contribution in [2.75, 3.05) is 6.54 Å². The summed E-state index contributed by atoms with van der Waals surface area (Å²) >= 11 is 0. The summed E-state index contributed by atoms with van der Waals surface area (Å²) in [5.41, 5.74) is 0.537. The third-order valence-corrected chi connectivity index (χ3v) is 3.40. The first-order valence-corrected chi connectivity index (χ1v) is 7.33. The van der Waals surface area contributed by atoms with Crippen LogP contribution in [0.25, 0.3) is 11.5 Å². The normalized spacial score (nSPS) is 10.8. The second-order valence-corrected chi connectivity index (χ2v) is 5.18. The smallest absolute Gasteiger partial charge is 0.346 e. The van der Waals surface area contributed by atoms with E-state index in [0.717, 1.165) is 0 Å². The Balaban J connectivity index is 1.68. The van der Waals surface area contributed by atoms with E-state index in [1.54, 1.807) is 38.4 Å². The van der Waals surface area contributed by atoms with Crippen LogP contribution in [0.4, 0.5) is 0 Å². The molecule has 124 valence electrons. The maximum atomic E-state index is 12.2. The predicted octanol–water partition coefficient (Wildman–Crippen LogP) is 0.370. The minimum atomic E-state index is -0.360. The second-order valence-electron chi connectivity index (χ2n) is 5.18. The van der Waals surface area contributed by atoms with E-state index >= 15 is 0 Å². The molecule has 0 aromatic carbocycles. The van der Waals surface area contributed by atoms with Crippen LogP contribution in [0.2, 0.25) is 0 Å². The van der Waals surface area contributed by atoms with Crippen LogP contribution in [0, 0.1) is 6.92 Å². The van der Waals surface area contributed by atoms with E-state index < -0.39 is 0 Å². The van der Waals surface area contributed by atoms with Crippen LogP contribution >= 0.6 is 0 Å². The minimum Gasteiger partial charge on any atom is -0.361 e. The van der Waals surface area contributed by atoms with Gasteiger partial charge in [0.05, 0.1) is 6.54 Å². The van der Waals surface area contributed by atoms with Crippen LogP contribution < -0.4 is 11.0 Å². The van der Waals surface area contributed by atoms with Crippen molar-refractivity contribution >= 4 is 5.91 Å². The van der Waals surface area contributed by atoms with Crippen LogP contribution in [0.15, 0.2) is 39.8 Å². The Hall–Kier alpha value is -3.23. The van der Waals surface area contributed by atoms with Crippen LogP contribution in [-0.4, -0.2) is 36.9 Å². The van der Waals surface area contributed by atoms with Crippen LogP contribution in [0.5, 0.6) is 0 Å². The van der Waals surface area contributed by atoms with Gasteiger partial charge in [0.1, 0.15) is 11.5 Å². The fraction of sp³-hybridized carbons (Fsp3) is 0.267. The Bertz CT molecular complexity index is 909. The highest BCUT2D eigenvalue weighted by atomic mass is 16.5. The number of carbonyl (C=O) groups is 1. The summed E-state index contributed by atoms with van der Waals surface area (Å²) in [6.07, 6.45) is 1.64. The topological polar surface area (TPSA) is 108 Å². The lowest BCUT2D eigenvalue weighted by atomic mass is 10.3. The highest BCUT2D eigenvalue weighted by molar-refractivity contribution is 5.92. The number of nitrogens with one attached hydrogen (secondary N) is 1. The standard InChI is InChI=1S/C15H16N6O3/c1-10-9-12(19-24-10)14(22)17-7-8-21-15(23)20(2)13(18-21)11-5-3-4-6-16-11/h3-6,9H,7-8H2,1-2H3,(H,17,22). The van der Waals surface area contributed by atoms with Gasteiger partial charge in [-0.25, -0.2) is 9.48 Å². The molecule has 1 amide bonds. The third-order valence-electron chi connectivity index (χ3n) is 3.40. The lowest BCUT2D eigenvalue weighted by Crippen LogP contribution is -2.31. The number of aryl methyl sites for hydroxylation is 1. The molecule has 0 radical (unpaired) electrons. The molecule has 0 atom stereocenters. The molecular weight excluding hydrogens is 312 g/mol. The second kappa shape index (κ2) is 6.49. The Labute approximate surface area is 136 Å². The Morgan fingerprint density at radius 3 is 2.88 bits per heavy atom. The fourth-order valence-corrected chi connectivity index (χ4v) is 2.19. The van der Waals surface area contributed by atoms with Crippen molar-refractivity contribution in [3.05, 3.63) is 52.4 Å². The summed E-state index contributed by atoms with van der Waals surface area (Å²) in [5, 5.41) is 10.6. The fourth-order valence-electron chi connectivity index (χ4n) is 2.19. The quantitative estimate of drug-likeness (QED) is 0.725. The number of aromatic nitrogens is 5. The molecule has 0 fully saturated rings. The number of carbonyl (C=O) groups excluding carboxylic acids is 1. The zero-order chi connectivity index (χ0) is 17.1. The minimum absolute atomic E-state index is 0.204. The van der Waals surface area contributed by atoms with Gasteiger partial charge in [0.15, 0.2) is 11.5 Å². The maximum Gasteiger partial charge on any atom is 0.346 e. The highest BCUT2D eigenvalue weighted by Gasteiger charge is 2.14. The van der Waals surface area contributed by atoms with E-state index in [1.165, 1.54) is 9.25 Å². The Kier molecular flexibility index (Phi) is 4.23. The predicted molar refractivity (Wildman–Crippen MR) is 84.3 cm³/mol. The third kappa shape index (κ3) is 3.09. The van der Waals surface area contributed by atoms with Crippen molar-refractivity contribution in [1.82, 2.24) is 29.8 Å². The first kappa shape index (κ1) is 15.7. The molecule has 9 nitrogen and oxygen atoms in total. The van der Waals surface area contributed by atoms with Gasteiger partial charge < -0.3 is 9.84 Å². The molecule has 0 spiro atoms. The number of amides is 1. The number of hydrogen-bond donors (Lipinski definition) is 1. The molecule has 0 saturated heterocycles. The van der Waals surface area contributed by atoms with E-state index in [9.17, 15) is 9.59 Å². The first-order chi connectivity index (χ1) is 11.6. The number of pyridine rings is 1. The van der Waals surface area contributed by atoms with Crippen molar-refractivity contribution in [2.24, 2.45) is 7.05 Å². The summed E-state index contributed by atoms with van der Waals surface area (Å²) in [6.45, 7) is 2.18. The van der Waals surface area contributed by atoms with Crippen LogP contribution in [-0.2, 0) is 13.6 Å². The van der Waals surface area contributed by atoms with Gasteiger partial charge in [-0.05, 0) is 19.1 Å². The number of nitrogens with zero attached hydrogens (tertiary/aromatic N) is 5. The maximum absolute atomic E-state index is 12.2. The van der Waals surface area contributed by atoms with Gasteiger partial charge in [-0.1, -0.05) is 11.2 Å². The van der Waals surface area contributed by atoms with E-state index in [2.05, 4.69) is 20.6 Å². The zero-order valence-electron chi connectivity index (χ0n) is 13.3. The molecule has 0 aliphatic carbocycles. The molecule has 24 heavy (non-hydrogen) atoms. The number of hydrogen-bond acceptors (Lipinski definition) is 6. The average Bonchev–Trinajstić information content (AvgIpc) is 3.14. The summed E-state index contributed by atoms with van der Waals surface area (Å²) < 4.78 is 7.56. The van der Waals surface area contributed by atoms with Crippen molar-refractivity contribution in [3.63, 3.8) is 0 Å². The summed E-state index contributed by atoms with van der Waals surface area (Å²) in [7, 11) is 1.63. The molecule has 3 aromatic rings. The Morgan fingerprint density at radius 2 is 2.21 bits per heavy atom. The van der Waals surface area contributed by atoms with Crippen molar-refractivity contribution in [2.45, 2.75) is 13.5 Å². The van der Waals surface area contributed by atoms with E-state index in [1.807, 2.05) is 6.07 Å². The van der Waals surface area contributed by atoms with Crippen molar-refractivity contribution in [3.8, 4) is 11.5 Å². The van der Waals surface area contributed by atoms with Crippen molar-refractivity contribution < 1.29 is 9.32 Å². The van der Waals surface area contributed by atoms with Crippen LogP contribution in [0.3, 0.4) is 0 Å². The molecular formula is C15H16N6O3. The monoisotopic (exact) mass is 328 g/mol. The van der Waals surface area contributed by atoms with E-state index in [0.29, 0.717) is 17.3 Å². The molecule has 3 rings (SSSR count). The molecule has 3 aromatic heterocycles. The molecule has 1 N–H and O–H groups in total. The van der Waals surface area contributed by atoms with Gasteiger partial charge in [-0.3, -0.25) is 14.3 Å². The van der Waals surface area contributed by atoms with Gasteiger partial charge in [-0.2, -0.15) is 0 Å². The van der Waals surface area contributed by atoms with E-state index in [-0.39, 0.29) is 30.4 Å². The zero-order valence-corrected chi connectivity index (χ0v) is 13.3. The van der Waals surface area contributed by atoms with Crippen molar-refractivity contribution in [1.29, 1.82) is 0 Å². The average molecular weight is 328 g/mol. The molecule has 0 aliphatic rings. The number of rotatable bonds is 5. The highest BCUT2D eigenvalue weighted by Crippen LogP contribution is 2.10. The van der Waals surface area contributed by atoms with Gasteiger partial charge in [-0.15, -0.1) is 5.10 Å². The summed E-state index contributed by atoms with van der Waals surface area (Å²) in [5.74, 6) is 0.668. The molecule has 0 unspecified atom stereocenters. The lowest BCUT2D eigenvalue weighted by molar-refractivity contribution is 0.0942. The van der Waals surface area contributed by atoms with Gasteiger partial charge >= 0.3 is 5.69 Å². The molecule has 0 bridgehead atoms. The summed E-state index contributed by atoms with van der Waals surface area (Å²) in [6, 6.07) is 6.94. The van der Waals surface area contributed by atoms with Gasteiger partial charge in [0.2, 0.25) is 0 Å². The SMILES string of the molecule is Cc1cc(C(=O)NCCn2nc(-c3ccccn3)n(C)c2=O)no1.